The Bertz CT molecular complexity index is 511. The zero-order valence-electron chi connectivity index (χ0n) is 9.60. The summed E-state index contributed by atoms with van der Waals surface area (Å²) in [5, 5.41) is 4.95. The minimum absolute atomic E-state index is 0.479. The Balaban J connectivity index is 2.05. The van der Waals surface area contributed by atoms with Gasteiger partial charge >= 0.3 is 0 Å². The van der Waals surface area contributed by atoms with Crippen molar-refractivity contribution in [1.29, 1.82) is 0 Å². The molecular formula is C10H13N5S2. The zero-order valence-corrected chi connectivity index (χ0v) is 11.2. The van der Waals surface area contributed by atoms with E-state index in [-0.39, 0.29) is 0 Å². The fourth-order valence-electron chi connectivity index (χ4n) is 1.29. The summed E-state index contributed by atoms with van der Waals surface area (Å²) >= 11 is 3.14. The average Bonchev–Trinajstić information content (AvgIpc) is 2.72. The Morgan fingerprint density at radius 2 is 2.29 bits per heavy atom. The second kappa shape index (κ2) is 5.33. The van der Waals surface area contributed by atoms with Gasteiger partial charge in [-0.3, -0.25) is 0 Å². The lowest BCUT2D eigenvalue weighted by atomic mass is 10.5. The van der Waals surface area contributed by atoms with Crippen molar-refractivity contribution < 1.29 is 0 Å². The van der Waals surface area contributed by atoms with E-state index >= 15 is 0 Å². The Morgan fingerprint density at radius 3 is 2.94 bits per heavy atom. The van der Waals surface area contributed by atoms with Crippen LogP contribution in [0.15, 0.2) is 17.4 Å². The highest BCUT2D eigenvalue weighted by Gasteiger charge is 2.03. The van der Waals surface area contributed by atoms with E-state index in [1.807, 2.05) is 19.4 Å². The quantitative estimate of drug-likeness (QED) is 0.653. The third kappa shape index (κ3) is 3.31. The van der Waals surface area contributed by atoms with Crippen molar-refractivity contribution in [2.24, 2.45) is 0 Å². The van der Waals surface area contributed by atoms with Crippen LogP contribution < -0.4 is 11.1 Å². The van der Waals surface area contributed by atoms with Gasteiger partial charge in [0.2, 0.25) is 0 Å². The minimum atomic E-state index is 0.479. The highest BCUT2D eigenvalue weighted by molar-refractivity contribution is 7.98. The van der Waals surface area contributed by atoms with Crippen molar-refractivity contribution in [3.63, 3.8) is 0 Å². The Hall–Kier alpha value is -1.34. The lowest BCUT2D eigenvalue weighted by Gasteiger charge is -2.05. The van der Waals surface area contributed by atoms with E-state index in [1.165, 1.54) is 16.6 Å². The van der Waals surface area contributed by atoms with Gasteiger partial charge in [0.1, 0.15) is 11.6 Å². The van der Waals surface area contributed by atoms with Crippen molar-refractivity contribution in [1.82, 2.24) is 15.0 Å². The van der Waals surface area contributed by atoms with Crippen molar-refractivity contribution >= 4 is 34.7 Å². The molecule has 90 valence electrons. The molecule has 2 heterocycles. The standard InChI is InChI=1S/C10H13N5S2/c1-6-12-4-7(17-6)5-13-9-3-8(11)14-10(15-9)16-2/h3-4H,5H2,1-2H3,(H3,11,13,14,15). The summed E-state index contributed by atoms with van der Waals surface area (Å²) < 4.78 is 0. The first-order valence-corrected chi connectivity index (χ1v) is 7.05. The van der Waals surface area contributed by atoms with Gasteiger partial charge in [-0.15, -0.1) is 11.3 Å². The average molecular weight is 267 g/mol. The van der Waals surface area contributed by atoms with E-state index < -0.39 is 0 Å². The smallest absolute Gasteiger partial charge is 0.191 e. The van der Waals surface area contributed by atoms with Crippen molar-refractivity contribution in [2.45, 2.75) is 18.6 Å². The van der Waals surface area contributed by atoms with E-state index in [0.717, 1.165) is 10.8 Å². The fourth-order valence-corrected chi connectivity index (χ4v) is 2.41. The van der Waals surface area contributed by atoms with Crippen LogP contribution in [0.2, 0.25) is 0 Å². The molecule has 17 heavy (non-hydrogen) atoms. The number of rotatable bonds is 4. The highest BCUT2D eigenvalue weighted by atomic mass is 32.2. The Labute approximate surface area is 108 Å². The number of nitrogens with two attached hydrogens (primary N) is 1. The molecule has 0 aliphatic heterocycles. The summed E-state index contributed by atoms with van der Waals surface area (Å²) in [6, 6.07) is 1.73. The normalized spacial score (nSPS) is 10.5. The highest BCUT2D eigenvalue weighted by Crippen LogP contribution is 2.17. The molecule has 7 heteroatoms. The molecule has 0 fully saturated rings. The van der Waals surface area contributed by atoms with Crippen LogP contribution in [0.5, 0.6) is 0 Å². The summed E-state index contributed by atoms with van der Waals surface area (Å²) in [6.07, 6.45) is 3.79. The van der Waals surface area contributed by atoms with Gasteiger partial charge < -0.3 is 11.1 Å². The molecule has 2 aromatic rings. The molecule has 0 aliphatic carbocycles. The van der Waals surface area contributed by atoms with Crippen molar-refractivity contribution in [2.75, 3.05) is 17.3 Å². The maximum absolute atomic E-state index is 5.69. The van der Waals surface area contributed by atoms with E-state index in [0.29, 0.717) is 17.5 Å². The first kappa shape index (κ1) is 12.1. The third-order valence-corrected chi connectivity index (χ3v) is 3.48. The molecule has 5 nitrogen and oxygen atoms in total. The Kier molecular flexibility index (Phi) is 3.80. The number of nitrogens with one attached hydrogen (secondary N) is 1. The Morgan fingerprint density at radius 1 is 1.47 bits per heavy atom. The lowest BCUT2D eigenvalue weighted by molar-refractivity contribution is 0.966. The maximum atomic E-state index is 5.69. The van der Waals surface area contributed by atoms with Crippen LogP contribution in [0, 0.1) is 6.92 Å². The number of aromatic nitrogens is 3. The van der Waals surface area contributed by atoms with E-state index in [1.54, 1.807) is 17.4 Å². The van der Waals surface area contributed by atoms with Gasteiger partial charge in [-0.1, -0.05) is 11.8 Å². The molecule has 0 spiro atoms. The molecule has 0 saturated heterocycles. The van der Waals surface area contributed by atoms with Gasteiger partial charge in [0.15, 0.2) is 5.16 Å². The summed E-state index contributed by atoms with van der Waals surface area (Å²) in [4.78, 5) is 13.8. The number of hydrogen-bond acceptors (Lipinski definition) is 7. The fraction of sp³-hybridized carbons (Fsp3) is 0.300. The van der Waals surface area contributed by atoms with E-state index in [9.17, 15) is 0 Å². The number of nitrogen functional groups attached to an aromatic ring is 1. The van der Waals surface area contributed by atoms with Crippen molar-refractivity contribution in [3.05, 3.63) is 22.1 Å². The molecular weight excluding hydrogens is 254 g/mol. The van der Waals surface area contributed by atoms with Crippen LogP contribution >= 0.6 is 23.1 Å². The molecule has 0 aromatic carbocycles. The number of hydrogen-bond donors (Lipinski definition) is 2. The lowest BCUT2D eigenvalue weighted by Crippen LogP contribution is -2.03. The van der Waals surface area contributed by atoms with Crippen LogP contribution in [0.4, 0.5) is 11.6 Å². The summed E-state index contributed by atoms with van der Waals surface area (Å²) in [5.41, 5.74) is 5.69. The largest absolute Gasteiger partial charge is 0.383 e. The molecule has 0 bridgehead atoms. The molecule has 0 radical (unpaired) electrons. The summed E-state index contributed by atoms with van der Waals surface area (Å²) in [6.45, 7) is 2.69. The zero-order chi connectivity index (χ0) is 12.3. The minimum Gasteiger partial charge on any atom is -0.383 e. The van der Waals surface area contributed by atoms with Gasteiger partial charge in [0.25, 0.3) is 0 Å². The summed E-state index contributed by atoms with van der Waals surface area (Å²) in [5.74, 6) is 1.22. The van der Waals surface area contributed by atoms with Gasteiger partial charge in [0.05, 0.1) is 11.6 Å². The molecule has 0 unspecified atom stereocenters. The second-order valence-electron chi connectivity index (χ2n) is 3.36. The molecule has 0 aliphatic rings. The first-order chi connectivity index (χ1) is 8.17. The van der Waals surface area contributed by atoms with Crippen molar-refractivity contribution in [3.8, 4) is 0 Å². The molecule has 2 rings (SSSR count). The predicted molar refractivity (Wildman–Crippen MR) is 72.4 cm³/mol. The number of thioether (sulfide) groups is 1. The predicted octanol–water partition coefficient (Wildman–Crippen LogP) is 2.16. The second-order valence-corrected chi connectivity index (χ2v) is 5.46. The molecule has 0 amide bonds. The number of aryl methyl sites for hydroxylation is 1. The number of anilines is 2. The van der Waals surface area contributed by atoms with Crippen LogP contribution in [-0.4, -0.2) is 21.2 Å². The summed E-state index contributed by atoms with van der Waals surface area (Å²) in [7, 11) is 0. The first-order valence-electron chi connectivity index (χ1n) is 5.01. The van der Waals surface area contributed by atoms with Gasteiger partial charge in [-0.05, 0) is 13.2 Å². The van der Waals surface area contributed by atoms with Crippen LogP contribution in [0.3, 0.4) is 0 Å². The molecule has 0 atom stereocenters. The van der Waals surface area contributed by atoms with Gasteiger partial charge in [-0.25, -0.2) is 15.0 Å². The molecule has 2 aromatic heterocycles. The molecule has 3 N–H and O–H groups in total. The number of thiazole rings is 1. The van der Waals surface area contributed by atoms with Crippen LogP contribution in [0.25, 0.3) is 0 Å². The van der Waals surface area contributed by atoms with Crippen LogP contribution in [0.1, 0.15) is 9.88 Å². The molecule has 0 saturated carbocycles. The monoisotopic (exact) mass is 267 g/mol. The number of nitrogens with zero attached hydrogens (tertiary/aromatic N) is 3. The van der Waals surface area contributed by atoms with Gasteiger partial charge in [0, 0.05) is 17.1 Å². The van der Waals surface area contributed by atoms with E-state index in [4.69, 9.17) is 5.73 Å². The van der Waals surface area contributed by atoms with Gasteiger partial charge in [-0.2, -0.15) is 0 Å². The van der Waals surface area contributed by atoms with Crippen LogP contribution in [-0.2, 0) is 6.54 Å². The topological polar surface area (TPSA) is 76.7 Å². The SMILES string of the molecule is CSc1nc(N)cc(NCc2cnc(C)s2)n1. The van der Waals surface area contributed by atoms with E-state index in [2.05, 4.69) is 20.3 Å². The third-order valence-electron chi connectivity index (χ3n) is 2.02. The maximum Gasteiger partial charge on any atom is 0.191 e.